The normalized spacial score (nSPS) is 19.1. The van der Waals surface area contributed by atoms with Crippen LogP contribution in [0.2, 0.25) is 0 Å². The van der Waals surface area contributed by atoms with E-state index >= 15 is 0 Å². The fourth-order valence-corrected chi connectivity index (χ4v) is 4.02. The quantitative estimate of drug-likeness (QED) is 0.740. The lowest BCUT2D eigenvalue weighted by Gasteiger charge is -2.33. The first-order valence-corrected chi connectivity index (χ1v) is 10.1. The summed E-state index contributed by atoms with van der Waals surface area (Å²) < 4.78 is 10.2. The number of nitrogens with zero attached hydrogens (tertiary/aromatic N) is 1. The van der Waals surface area contributed by atoms with Crippen LogP contribution in [0.5, 0.6) is 0 Å². The van der Waals surface area contributed by atoms with Gasteiger partial charge in [-0.3, -0.25) is 9.59 Å². The van der Waals surface area contributed by atoms with E-state index in [0.717, 1.165) is 37.0 Å². The zero-order valence-electron chi connectivity index (χ0n) is 16.0. The van der Waals surface area contributed by atoms with Gasteiger partial charge in [0.2, 0.25) is 0 Å². The van der Waals surface area contributed by atoms with Gasteiger partial charge < -0.3 is 19.4 Å². The minimum absolute atomic E-state index is 0.184. The maximum atomic E-state index is 12.3. The molecule has 2 amide bonds. The third-order valence-corrected chi connectivity index (χ3v) is 6.02. The Labute approximate surface area is 167 Å². The predicted octanol–water partition coefficient (Wildman–Crippen LogP) is 3.79. The number of anilines is 1. The molecule has 1 aliphatic rings. The van der Waals surface area contributed by atoms with Crippen LogP contribution in [-0.4, -0.2) is 42.4 Å². The van der Waals surface area contributed by atoms with Gasteiger partial charge in [-0.05, 0) is 55.9 Å². The Hall–Kier alpha value is -2.61. The van der Waals surface area contributed by atoms with Crippen molar-refractivity contribution in [1.82, 2.24) is 4.90 Å². The van der Waals surface area contributed by atoms with Crippen LogP contribution in [0.4, 0.5) is 5.00 Å². The molecule has 0 radical (unpaired) electrons. The van der Waals surface area contributed by atoms with E-state index in [1.807, 2.05) is 0 Å². The zero-order chi connectivity index (χ0) is 20.1. The molecule has 0 spiro atoms. The fraction of sp³-hybridized carbons (Fsp3) is 0.450. The number of furan rings is 1. The van der Waals surface area contributed by atoms with E-state index in [1.54, 1.807) is 36.2 Å². The first-order valence-electron chi connectivity index (χ1n) is 9.31. The van der Waals surface area contributed by atoms with Crippen LogP contribution in [0.3, 0.4) is 0 Å². The third kappa shape index (κ3) is 5.01. The number of rotatable bonds is 6. The second-order valence-corrected chi connectivity index (χ2v) is 8.17. The summed E-state index contributed by atoms with van der Waals surface area (Å²) in [5, 5.41) is 3.15. The van der Waals surface area contributed by atoms with Gasteiger partial charge >= 0.3 is 5.97 Å². The summed E-state index contributed by atoms with van der Waals surface area (Å²) in [6.07, 6.45) is 5.61. The first-order chi connectivity index (χ1) is 13.4. The predicted molar refractivity (Wildman–Crippen MR) is 105 cm³/mol. The van der Waals surface area contributed by atoms with Gasteiger partial charge in [-0.25, -0.2) is 4.79 Å². The maximum absolute atomic E-state index is 12.3. The summed E-state index contributed by atoms with van der Waals surface area (Å²) in [6, 6.07) is 6.55. The van der Waals surface area contributed by atoms with E-state index in [1.165, 1.54) is 6.26 Å². The van der Waals surface area contributed by atoms with Crippen molar-refractivity contribution in [3.05, 3.63) is 41.2 Å². The van der Waals surface area contributed by atoms with Gasteiger partial charge in [-0.2, -0.15) is 0 Å². The Morgan fingerprint density at radius 3 is 2.64 bits per heavy atom. The van der Waals surface area contributed by atoms with Gasteiger partial charge in [0.1, 0.15) is 4.88 Å². The molecule has 0 saturated heterocycles. The number of thiophene rings is 1. The highest BCUT2D eigenvalue weighted by molar-refractivity contribution is 7.18. The number of hydrogen-bond acceptors (Lipinski definition) is 6. The van der Waals surface area contributed by atoms with Crippen LogP contribution < -0.4 is 5.32 Å². The monoisotopic (exact) mass is 404 g/mol. The molecule has 2 aromatic heterocycles. The van der Waals surface area contributed by atoms with Gasteiger partial charge in [0.25, 0.3) is 11.8 Å². The van der Waals surface area contributed by atoms with Crippen molar-refractivity contribution in [3.8, 4) is 0 Å². The van der Waals surface area contributed by atoms with E-state index < -0.39 is 11.9 Å². The van der Waals surface area contributed by atoms with Crippen LogP contribution in [0, 0.1) is 5.92 Å². The van der Waals surface area contributed by atoms with Crippen molar-refractivity contribution in [2.24, 2.45) is 5.92 Å². The molecule has 2 heterocycles. The Balaban J connectivity index is 1.47. The molecule has 0 atom stereocenters. The summed E-state index contributed by atoms with van der Waals surface area (Å²) in [6.45, 7) is 1.94. The molecule has 0 unspecified atom stereocenters. The Morgan fingerprint density at radius 1 is 1.21 bits per heavy atom. The van der Waals surface area contributed by atoms with Crippen molar-refractivity contribution < 1.29 is 23.5 Å². The minimum atomic E-state index is -0.581. The van der Waals surface area contributed by atoms with Gasteiger partial charge in [-0.1, -0.05) is 6.92 Å². The van der Waals surface area contributed by atoms with Gasteiger partial charge in [0, 0.05) is 13.1 Å². The standard InChI is InChI=1S/C20H24N2O5S/c1-13-5-7-14(8-6-13)22(2)18(23)12-27-20(25)16-9-10-17(28-16)21-19(24)15-4-3-11-26-15/h3-4,9-11,13-14H,5-8,12H2,1-2H3,(H,21,24). The molecule has 1 fully saturated rings. The molecule has 150 valence electrons. The summed E-state index contributed by atoms with van der Waals surface area (Å²) in [4.78, 5) is 38.5. The SMILES string of the molecule is CC1CCC(N(C)C(=O)COC(=O)c2ccc(NC(=O)c3ccco3)s2)CC1. The second kappa shape index (κ2) is 9.05. The van der Waals surface area contributed by atoms with E-state index in [4.69, 9.17) is 9.15 Å². The van der Waals surface area contributed by atoms with Crippen LogP contribution in [0.1, 0.15) is 52.8 Å². The van der Waals surface area contributed by atoms with Gasteiger partial charge in [-0.15, -0.1) is 11.3 Å². The summed E-state index contributed by atoms with van der Waals surface area (Å²) >= 11 is 1.08. The average Bonchev–Trinajstić information content (AvgIpc) is 3.38. The summed E-state index contributed by atoms with van der Waals surface area (Å²) in [7, 11) is 1.77. The number of carbonyl (C=O) groups is 3. The topological polar surface area (TPSA) is 88.9 Å². The molecule has 1 N–H and O–H groups in total. The summed E-state index contributed by atoms with van der Waals surface area (Å²) in [5.41, 5.74) is 0. The Bertz CT molecular complexity index is 822. The second-order valence-electron chi connectivity index (χ2n) is 7.09. The van der Waals surface area contributed by atoms with Gasteiger partial charge in [0.05, 0.1) is 11.3 Å². The lowest BCUT2D eigenvalue weighted by Crippen LogP contribution is -2.41. The van der Waals surface area contributed by atoms with Crippen LogP contribution in [-0.2, 0) is 9.53 Å². The molecule has 3 rings (SSSR count). The van der Waals surface area contributed by atoms with Crippen molar-refractivity contribution in [3.63, 3.8) is 0 Å². The highest BCUT2D eigenvalue weighted by Gasteiger charge is 2.25. The third-order valence-electron chi connectivity index (χ3n) is 5.04. The van der Waals surface area contributed by atoms with E-state index in [-0.39, 0.29) is 24.3 Å². The molecule has 0 aromatic carbocycles. The highest BCUT2D eigenvalue weighted by Crippen LogP contribution is 2.27. The molecular formula is C20H24N2O5S. The van der Waals surface area contributed by atoms with Crippen molar-refractivity contribution in [1.29, 1.82) is 0 Å². The van der Waals surface area contributed by atoms with Crippen molar-refractivity contribution >= 4 is 34.1 Å². The number of ether oxygens (including phenoxy) is 1. The largest absolute Gasteiger partial charge is 0.459 e. The van der Waals surface area contributed by atoms with Crippen LogP contribution in [0.25, 0.3) is 0 Å². The molecule has 0 aliphatic heterocycles. The highest BCUT2D eigenvalue weighted by atomic mass is 32.1. The number of likely N-dealkylation sites (N-methyl/N-ethyl adjacent to an activating group) is 1. The number of carbonyl (C=O) groups excluding carboxylic acids is 3. The molecule has 1 saturated carbocycles. The van der Waals surface area contributed by atoms with E-state index in [2.05, 4.69) is 12.2 Å². The van der Waals surface area contributed by atoms with Gasteiger partial charge in [0.15, 0.2) is 12.4 Å². The van der Waals surface area contributed by atoms with Crippen molar-refractivity contribution in [2.45, 2.75) is 38.6 Å². The molecule has 8 heteroatoms. The van der Waals surface area contributed by atoms with E-state index in [0.29, 0.717) is 15.8 Å². The smallest absolute Gasteiger partial charge is 0.348 e. The Morgan fingerprint density at radius 2 is 1.96 bits per heavy atom. The fourth-order valence-electron chi connectivity index (χ4n) is 3.23. The molecular weight excluding hydrogens is 380 g/mol. The Kier molecular flexibility index (Phi) is 6.51. The number of esters is 1. The lowest BCUT2D eigenvalue weighted by molar-refractivity contribution is -0.136. The average molecular weight is 404 g/mol. The number of nitrogens with one attached hydrogen (secondary N) is 1. The number of amides is 2. The van der Waals surface area contributed by atoms with Crippen LogP contribution >= 0.6 is 11.3 Å². The maximum Gasteiger partial charge on any atom is 0.348 e. The molecule has 7 nitrogen and oxygen atoms in total. The molecule has 1 aliphatic carbocycles. The number of hydrogen-bond donors (Lipinski definition) is 1. The summed E-state index contributed by atoms with van der Waals surface area (Å²) in [5.74, 6) is -0.286. The van der Waals surface area contributed by atoms with E-state index in [9.17, 15) is 14.4 Å². The zero-order valence-corrected chi connectivity index (χ0v) is 16.8. The molecule has 0 bridgehead atoms. The lowest BCUT2D eigenvalue weighted by atomic mass is 9.87. The first kappa shape index (κ1) is 20.1. The molecule has 28 heavy (non-hydrogen) atoms. The van der Waals surface area contributed by atoms with Crippen LogP contribution in [0.15, 0.2) is 34.9 Å². The molecule has 2 aromatic rings. The van der Waals surface area contributed by atoms with Crippen molar-refractivity contribution in [2.75, 3.05) is 19.0 Å². The minimum Gasteiger partial charge on any atom is -0.459 e.